The summed E-state index contributed by atoms with van der Waals surface area (Å²) in [5.41, 5.74) is 10.6. The summed E-state index contributed by atoms with van der Waals surface area (Å²) in [4.78, 5) is 21.9. The zero-order valence-corrected chi connectivity index (χ0v) is 20.3. The topological polar surface area (TPSA) is 125 Å². The maximum absolute atomic E-state index is 12.8. The Hall–Kier alpha value is -3.57. The van der Waals surface area contributed by atoms with Crippen molar-refractivity contribution in [3.05, 3.63) is 71.8 Å². The van der Waals surface area contributed by atoms with Crippen molar-refractivity contribution in [2.24, 2.45) is 5.73 Å². The molecule has 1 fully saturated rings. The minimum absolute atomic E-state index is 0.105. The first-order chi connectivity index (χ1) is 17.6. The third-order valence-corrected chi connectivity index (χ3v) is 6.32. The van der Waals surface area contributed by atoms with E-state index in [1.807, 2.05) is 35.9 Å². The van der Waals surface area contributed by atoms with E-state index in [1.54, 1.807) is 19.4 Å². The van der Waals surface area contributed by atoms with Crippen LogP contribution in [-0.4, -0.2) is 65.6 Å². The van der Waals surface area contributed by atoms with Gasteiger partial charge >= 0.3 is 0 Å². The van der Waals surface area contributed by atoms with Gasteiger partial charge in [0.2, 0.25) is 0 Å². The predicted octanol–water partition coefficient (Wildman–Crippen LogP) is 2.57. The molecule has 0 bridgehead atoms. The molecule has 1 aliphatic heterocycles. The molecule has 10 nitrogen and oxygen atoms in total. The fourth-order valence-corrected chi connectivity index (χ4v) is 4.35. The van der Waals surface area contributed by atoms with Gasteiger partial charge < -0.3 is 30.6 Å². The van der Waals surface area contributed by atoms with Crippen LogP contribution in [-0.2, 0) is 14.2 Å². The summed E-state index contributed by atoms with van der Waals surface area (Å²) in [6.07, 6.45) is 12.3. The van der Waals surface area contributed by atoms with Crippen LogP contribution in [0.4, 0.5) is 11.5 Å². The number of aryl methyl sites for hydroxylation is 1. The lowest BCUT2D eigenvalue weighted by Crippen LogP contribution is -2.48. The van der Waals surface area contributed by atoms with Gasteiger partial charge in [-0.05, 0) is 42.7 Å². The molecule has 36 heavy (non-hydrogen) atoms. The monoisotopic (exact) mass is 490 g/mol. The first-order valence-electron chi connectivity index (χ1n) is 11.9. The number of imidazole rings is 1. The molecule has 1 atom stereocenters. The van der Waals surface area contributed by atoms with E-state index in [9.17, 15) is 4.79 Å². The first-order valence-corrected chi connectivity index (χ1v) is 11.9. The normalized spacial score (nSPS) is 21.9. The van der Waals surface area contributed by atoms with E-state index in [2.05, 4.69) is 38.8 Å². The number of hydrogen-bond acceptors (Lipinski definition) is 8. The second-order valence-electron chi connectivity index (χ2n) is 8.80. The van der Waals surface area contributed by atoms with Crippen LogP contribution in [0.15, 0.2) is 55.0 Å². The van der Waals surface area contributed by atoms with Crippen molar-refractivity contribution in [1.82, 2.24) is 19.7 Å². The van der Waals surface area contributed by atoms with Crippen molar-refractivity contribution < 1.29 is 19.0 Å². The molecule has 1 aliphatic carbocycles. The number of fused-ring (bicyclic) bond motifs is 1. The van der Waals surface area contributed by atoms with Gasteiger partial charge in [0.1, 0.15) is 0 Å². The number of rotatable bonds is 7. The molecule has 188 valence electrons. The maximum atomic E-state index is 12.8. The average Bonchev–Trinajstić information content (AvgIpc) is 3.34. The highest BCUT2D eigenvalue weighted by Crippen LogP contribution is 2.27. The van der Waals surface area contributed by atoms with Crippen molar-refractivity contribution in [2.75, 3.05) is 32.2 Å². The molecule has 5 rings (SSSR count). The van der Waals surface area contributed by atoms with Crippen LogP contribution in [0, 0.1) is 6.92 Å². The highest BCUT2D eigenvalue weighted by molar-refractivity contribution is 5.96. The number of benzene rings is 1. The first kappa shape index (κ1) is 24.1. The summed E-state index contributed by atoms with van der Waals surface area (Å²) in [6, 6.07) is 5.34. The molecule has 1 aromatic carbocycles. The molecule has 1 amide bonds. The summed E-state index contributed by atoms with van der Waals surface area (Å²) in [6.45, 7) is 2.93. The molecule has 1 saturated heterocycles. The van der Waals surface area contributed by atoms with Crippen LogP contribution in [0.1, 0.15) is 28.0 Å². The second kappa shape index (κ2) is 10.6. The second-order valence-corrected chi connectivity index (χ2v) is 8.80. The minimum atomic E-state index is -0.409. The van der Waals surface area contributed by atoms with Gasteiger partial charge in [-0.15, -0.1) is 0 Å². The number of anilines is 2. The van der Waals surface area contributed by atoms with E-state index in [0.29, 0.717) is 36.8 Å². The highest BCUT2D eigenvalue weighted by Gasteiger charge is 2.23. The Morgan fingerprint density at radius 3 is 2.81 bits per heavy atom. The molecule has 1 unspecified atom stereocenters. The van der Waals surface area contributed by atoms with E-state index in [0.717, 1.165) is 28.9 Å². The Balaban J connectivity index is 1.29. The van der Waals surface area contributed by atoms with Gasteiger partial charge in [0.15, 0.2) is 17.8 Å². The van der Waals surface area contributed by atoms with E-state index >= 15 is 0 Å². The quantitative estimate of drug-likeness (QED) is 0.462. The molecule has 2 aromatic heterocycles. The van der Waals surface area contributed by atoms with Gasteiger partial charge in [-0.1, -0.05) is 18.2 Å². The molecule has 2 aliphatic rings. The molecular weight excluding hydrogens is 460 g/mol. The smallest absolute Gasteiger partial charge is 0.251 e. The summed E-state index contributed by atoms with van der Waals surface area (Å²) in [5, 5.41) is 6.30. The number of hydrogen-bond donors (Lipinski definition) is 3. The summed E-state index contributed by atoms with van der Waals surface area (Å²) in [7, 11) is 1.71. The molecule has 0 saturated carbocycles. The zero-order valence-electron chi connectivity index (χ0n) is 20.3. The number of nitrogens with zero attached hydrogens (tertiary/aromatic N) is 3. The van der Waals surface area contributed by atoms with Gasteiger partial charge in [0.25, 0.3) is 5.91 Å². The number of allylic oxidation sites excluding steroid dienone is 2. The molecule has 4 N–H and O–H groups in total. The largest absolute Gasteiger partial charge is 0.377 e. The molecular formula is C26H30N6O4. The van der Waals surface area contributed by atoms with Crippen LogP contribution in [0.25, 0.3) is 11.2 Å². The lowest BCUT2D eigenvalue weighted by Gasteiger charge is -2.29. The third-order valence-electron chi connectivity index (χ3n) is 6.32. The number of carbonyl (C=O) groups excluding carboxylic acids is 1. The Kier molecular flexibility index (Phi) is 7.10. The Bertz CT molecular complexity index is 1310. The van der Waals surface area contributed by atoms with Crippen molar-refractivity contribution >= 4 is 28.6 Å². The lowest BCUT2D eigenvalue weighted by atomic mass is 10.0. The summed E-state index contributed by atoms with van der Waals surface area (Å²) < 4.78 is 18.4. The number of aromatic nitrogens is 3. The van der Waals surface area contributed by atoms with Crippen molar-refractivity contribution in [2.45, 2.75) is 31.8 Å². The summed E-state index contributed by atoms with van der Waals surface area (Å²) >= 11 is 0. The number of ether oxygens (including phenoxy) is 3. The lowest BCUT2D eigenvalue weighted by molar-refractivity contribution is -0.181. The van der Waals surface area contributed by atoms with Crippen molar-refractivity contribution in [1.29, 1.82) is 0 Å². The molecule has 0 radical (unpaired) electrons. The van der Waals surface area contributed by atoms with Gasteiger partial charge in [-0.2, -0.15) is 0 Å². The fraction of sp³-hybridized carbons (Fsp3) is 0.346. The van der Waals surface area contributed by atoms with E-state index in [4.69, 9.17) is 19.9 Å². The number of nitrogens with two attached hydrogens (primary N) is 1. The third kappa shape index (κ3) is 5.02. The number of methoxy groups -OCH3 is 1. The van der Waals surface area contributed by atoms with Gasteiger partial charge in [-0.25, -0.2) is 9.97 Å². The van der Waals surface area contributed by atoms with E-state index in [-0.39, 0.29) is 18.1 Å². The highest BCUT2D eigenvalue weighted by atomic mass is 16.7. The minimum Gasteiger partial charge on any atom is -0.377 e. The average molecular weight is 491 g/mol. The Morgan fingerprint density at radius 1 is 1.28 bits per heavy atom. The summed E-state index contributed by atoms with van der Waals surface area (Å²) in [5.74, 6) is 0.451. The Labute approximate surface area is 209 Å². The van der Waals surface area contributed by atoms with Crippen LogP contribution in [0.5, 0.6) is 0 Å². The number of amides is 1. The van der Waals surface area contributed by atoms with Crippen molar-refractivity contribution in [3.8, 4) is 0 Å². The SMILES string of the molecule is COC1C=CC(c2cnc3c(Nc4ccc(C(=O)NC5COC(CN)OC5)c(C)c4)nccn23)=CC1. The van der Waals surface area contributed by atoms with E-state index < -0.39 is 6.29 Å². The number of carbonyl (C=O) groups is 1. The maximum Gasteiger partial charge on any atom is 0.251 e. The van der Waals surface area contributed by atoms with Crippen LogP contribution in [0.3, 0.4) is 0 Å². The molecule has 3 heterocycles. The standard InChI is InChI=1S/C26H30N6O4/c1-16-11-18(5-8-21(16)26(33)31-19-14-35-23(12-27)36-15-19)30-24-25-29-13-22(32(25)10-9-28-24)17-3-6-20(34-2)7-4-17/h3-6,8-11,13,19-20,23H,7,12,14-15,27H2,1-2H3,(H,28,30)(H,31,33). The zero-order chi connectivity index (χ0) is 25.1. The van der Waals surface area contributed by atoms with E-state index in [1.165, 1.54) is 0 Å². The molecule has 0 spiro atoms. The van der Waals surface area contributed by atoms with Gasteiger partial charge in [0, 0.05) is 37.3 Å². The molecule has 10 heteroatoms. The van der Waals surface area contributed by atoms with Crippen LogP contribution >= 0.6 is 0 Å². The van der Waals surface area contributed by atoms with Crippen LogP contribution in [0.2, 0.25) is 0 Å². The van der Waals surface area contributed by atoms with Gasteiger partial charge in [-0.3, -0.25) is 9.20 Å². The molecule has 3 aromatic rings. The fourth-order valence-electron chi connectivity index (χ4n) is 4.35. The van der Waals surface area contributed by atoms with Crippen LogP contribution < -0.4 is 16.4 Å². The Morgan fingerprint density at radius 2 is 2.11 bits per heavy atom. The number of nitrogens with one attached hydrogen (secondary N) is 2. The predicted molar refractivity (Wildman–Crippen MR) is 136 cm³/mol. The van der Waals surface area contributed by atoms with Crippen molar-refractivity contribution in [3.63, 3.8) is 0 Å². The van der Waals surface area contributed by atoms with Gasteiger partial charge in [0.05, 0.1) is 37.3 Å².